The van der Waals surface area contributed by atoms with Crippen molar-refractivity contribution in [1.29, 1.82) is 0 Å². The van der Waals surface area contributed by atoms with Crippen molar-refractivity contribution in [3.63, 3.8) is 0 Å². The van der Waals surface area contributed by atoms with Crippen LogP contribution >= 0.6 is 0 Å². The first kappa shape index (κ1) is 6.02. The van der Waals surface area contributed by atoms with Crippen molar-refractivity contribution in [2.45, 2.75) is 5.54 Å². The van der Waals surface area contributed by atoms with E-state index in [1.54, 1.807) is 0 Å². The van der Waals surface area contributed by atoms with Crippen LogP contribution in [-0.2, 0) is 9.53 Å². The second-order valence-electron chi connectivity index (χ2n) is 5.59. The Morgan fingerprint density at radius 3 is 2.38 bits per heavy atom. The molecule has 6 saturated carbocycles. The molecule has 0 aromatic heterocycles. The third-order valence-electron chi connectivity index (χ3n) is 6.20. The summed E-state index contributed by atoms with van der Waals surface area (Å²) < 4.78 is 4.91. The van der Waals surface area contributed by atoms with Gasteiger partial charge in [0.15, 0.2) is 0 Å². The minimum Gasteiger partial charge on any atom is -0.469 e. The molecule has 3 nitrogen and oxygen atoms in total. The zero-order chi connectivity index (χ0) is 8.75. The average molecular weight is 177 g/mol. The van der Waals surface area contributed by atoms with Gasteiger partial charge in [0.05, 0.1) is 12.5 Å². The van der Waals surface area contributed by atoms with E-state index in [2.05, 4.69) is 0 Å². The van der Waals surface area contributed by atoms with Gasteiger partial charge in [0.1, 0.15) is 0 Å². The van der Waals surface area contributed by atoms with Crippen LogP contribution in [0.4, 0.5) is 0 Å². The molecule has 0 aromatic rings. The molecular weight excluding hydrogens is 166 g/mol. The Labute approximate surface area is 75.6 Å². The molecule has 13 heavy (non-hydrogen) atoms. The Balaban J connectivity index is 1.68. The fraction of sp³-hybridized carbons (Fsp3) is 0.900. The minimum absolute atomic E-state index is 0.0409. The molecule has 6 rings (SSSR count). The van der Waals surface area contributed by atoms with Crippen molar-refractivity contribution >= 4 is 5.97 Å². The molecule has 0 aliphatic heterocycles. The summed E-state index contributed by atoms with van der Waals surface area (Å²) >= 11 is 0. The highest BCUT2D eigenvalue weighted by Gasteiger charge is 3.11. The summed E-state index contributed by atoms with van der Waals surface area (Å²) in [5.74, 6) is 4.27. The van der Waals surface area contributed by atoms with E-state index in [-0.39, 0.29) is 16.9 Å². The number of carbonyl (C=O) groups is 1. The van der Waals surface area contributed by atoms with Gasteiger partial charge in [0, 0.05) is 5.54 Å². The summed E-state index contributed by atoms with van der Waals surface area (Å²) in [6.07, 6.45) is 0. The molecule has 0 unspecified atom stereocenters. The topological polar surface area (TPSA) is 52.3 Å². The number of esters is 1. The molecule has 0 aromatic carbocycles. The van der Waals surface area contributed by atoms with Crippen LogP contribution < -0.4 is 5.73 Å². The average Bonchev–Trinajstić information content (AvgIpc) is 2.15. The minimum atomic E-state index is -0.0480. The Morgan fingerprint density at radius 1 is 1.31 bits per heavy atom. The Bertz CT molecular complexity index is 370. The smallest absolute Gasteiger partial charge is 0.312 e. The lowest BCUT2D eigenvalue weighted by Crippen LogP contribution is -3.16. The quantitative estimate of drug-likeness (QED) is 0.555. The molecule has 2 N–H and O–H groups in total. The molecule has 0 radical (unpaired) electrons. The van der Waals surface area contributed by atoms with Crippen molar-refractivity contribution in [2.75, 3.05) is 7.11 Å². The first-order valence-corrected chi connectivity index (χ1v) is 5.09. The first-order valence-electron chi connectivity index (χ1n) is 5.09. The predicted octanol–water partition coefficient (Wildman–Crippen LogP) is -0.392. The summed E-state index contributed by atoms with van der Waals surface area (Å²) in [6.45, 7) is 0. The lowest BCUT2D eigenvalue weighted by atomic mass is 8.94. The second-order valence-corrected chi connectivity index (χ2v) is 5.59. The van der Waals surface area contributed by atoms with Crippen molar-refractivity contribution in [3.8, 4) is 0 Å². The van der Waals surface area contributed by atoms with Crippen LogP contribution in [0.5, 0.6) is 0 Å². The largest absolute Gasteiger partial charge is 0.469 e. The van der Waals surface area contributed by atoms with Crippen molar-refractivity contribution in [1.82, 2.24) is 0 Å². The molecule has 68 valence electrons. The Hall–Kier alpha value is -0.570. The molecular formula is C10H11NO2. The molecule has 0 bridgehead atoms. The molecule has 6 aliphatic carbocycles. The van der Waals surface area contributed by atoms with Crippen LogP contribution in [0.1, 0.15) is 0 Å². The van der Waals surface area contributed by atoms with Gasteiger partial charge in [0.25, 0.3) is 0 Å². The third kappa shape index (κ3) is 0.224. The number of hydrogen-bond acceptors (Lipinski definition) is 3. The Morgan fingerprint density at radius 2 is 1.92 bits per heavy atom. The van der Waals surface area contributed by atoms with Crippen molar-refractivity contribution in [3.05, 3.63) is 0 Å². The number of rotatable bonds is 1. The lowest BCUT2D eigenvalue weighted by molar-refractivity contribution is -0.604. The summed E-state index contributed by atoms with van der Waals surface area (Å²) in [5.41, 5.74) is 6.31. The summed E-state index contributed by atoms with van der Waals surface area (Å²) in [6, 6.07) is 0. The number of methoxy groups -OCH3 is 1. The number of nitrogens with two attached hydrogens (primary N) is 1. The fourth-order valence-electron chi connectivity index (χ4n) is 6.29. The van der Waals surface area contributed by atoms with Gasteiger partial charge in [-0.3, -0.25) is 4.79 Å². The SMILES string of the molecule is COC(=O)C12C3[C@@H]4C5[C@@H]3[C@H]1C5(N)[C@H]42. The third-order valence-corrected chi connectivity index (χ3v) is 6.20. The maximum atomic E-state index is 11.7. The second kappa shape index (κ2) is 1.11. The molecule has 0 spiro atoms. The molecule has 4 atom stereocenters. The van der Waals surface area contributed by atoms with E-state index in [0.29, 0.717) is 17.8 Å². The maximum absolute atomic E-state index is 11.7. The highest BCUT2D eigenvalue weighted by atomic mass is 16.5. The summed E-state index contributed by atoms with van der Waals surface area (Å²) in [7, 11) is 1.51. The normalized spacial score (nSPS) is 82.0. The number of ether oxygens (including phenoxy) is 1. The van der Waals surface area contributed by atoms with Gasteiger partial charge in [-0.15, -0.1) is 0 Å². The predicted molar refractivity (Wildman–Crippen MR) is 42.3 cm³/mol. The van der Waals surface area contributed by atoms with Gasteiger partial charge in [-0.25, -0.2) is 0 Å². The molecule has 6 fully saturated rings. The van der Waals surface area contributed by atoms with Gasteiger partial charge in [-0.05, 0) is 35.5 Å². The maximum Gasteiger partial charge on any atom is 0.312 e. The molecule has 3 heteroatoms. The van der Waals surface area contributed by atoms with Crippen LogP contribution in [-0.4, -0.2) is 18.6 Å². The van der Waals surface area contributed by atoms with E-state index in [1.807, 2.05) is 0 Å². The first-order chi connectivity index (χ1) is 6.21. The van der Waals surface area contributed by atoms with Crippen LogP contribution in [0.25, 0.3) is 0 Å². The van der Waals surface area contributed by atoms with E-state index in [1.165, 1.54) is 7.11 Å². The fourth-order valence-corrected chi connectivity index (χ4v) is 6.29. The zero-order valence-electron chi connectivity index (χ0n) is 7.36. The monoisotopic (exact) mass is 177 g/mol. The Kier molecular flexibility index (Phi) is 0.515. The summed E-state index contributed by atoms with van der Waals surface area (Å²) in [4.78, 5) is 11.7. The molecule has 0 amide bonds. The lowest BCUT2D eigenvalue weighted by Gasteiger charge is -3.09. The highest BCUT2D eigenvalue weighted by Crippen LogP contribution is 3.06. The van der Waals surface area contributed by atoms with Gasteiger partial charge in [-0.1, -0.05) is 0 Å². The number of hydrogen-bond donors (Lipinski definition) is 1. The van der Waals surface area contributed by atoms with Crippen LogP contribution in [0.2, 0.25) is 0 Å². The molecule has 6 aliphatic rings. The molecule has 0 saturated heterocycles. The van der Waals surface area contributed by atoms with E-state index in [0.717, 1.165) is 17.8 Å². The standard InChI is InChI=1S/C10H11NO2/c1-13-8(12)9-4-2-5-3(4)7(9)10(5,11)6(2)9/h2-7H,11H2,1H3/t2-,3-,4?,5?,6-,7-,9?,10?/m1/s1. The van der Waals surface area contributed by atoms with Gasteiger partial charge < -0.3 is 10.5 Å². The van der Waals surface area contributed by atoms with Crippen LogP contribution in [0.15, 0.2) is 0 Å². The summed E-state index contributed by atoms with van der Waals surface area (Å²) in [5, 5.41) is 0. The molecule has 0 heterocycles. The van der Waals surface area contributed by atoms with Gasteiger partial charge >= 0.3 is 5.97 Å². The van der Waals surface area contributed by atoms with Gasteiger partial charge in [0.2, 0.25) is 0 Å². The van der Waals surface area contributed by atoms with Gasteiger partial charge in [-0.2, -0.15) is 0 Å². The van der Waals surface area contributed by atoms with Crippen LogP contribution in [0.3, 0.4) is 0 Å². The van der Waals surface area contributed by atoms with E-state index in [9.17, 15) is 4.79 Å². The van der Waals surface area contributed by atoms with E-state index < -0.39 is 0 Å². The van der Waals surface area contributed by atoms with E-state index >= 15 is 0 Å². The van der Waals surface area contributed by atoms with Crippen LogP contribution in [0, 0.1) is 40.9 Å². The van der Waals surface area contributed by atoms with E-state index in [4.69, 9.17) is 10.5 Å². The number of carbonyl (C=O) groups excluding carboxylic acids is 1. The van der Waals surface area contributed by atoms with Crippen molar-refractivity contribution < 1.29 is 9.53 Å². The van der Waals surface area contributed by atoms with Crippen molar-refractivity contribution in [2.24, 2.45) is 46.7 Å². The highest BCUT2D eigenvalue weighted by molar-refractivity contribution is 5.89. The zero-order valence-corrected chi connectivity index (χ0v) is 7.36.